The molecule has 0 aromatic rings. The van der Waals surface area contributed by atoms with Gasteiger partial charge < -0.3 is 23.6 Å². The van der Waals surface area contributed by atoms with Gasteiger partial charge in [0.05, 0.1) is 40.0 Å². The first-order chi connectivity index (χ1) is 27.5. The van der Waals surface area contributed by atoms with Crippen molar-refractivity contribution < 1.29 is 46.8 Å². The third-order valence-electron chi connectivity index (χ3n) is 9.21. The highest BCUT2D eigenvalue weighted by atomic mass is 31.2. The summed E-state index contributed by atoms with van der Waals surface area (Å²) in [5.41, 5.74) is 0. The lowest BCUT2D eigenvalue weighted by Crippen LogP contribution is -2.37. The van der Waals surface area contributed by atoms with Gasteiger partial charge in [0.2, 0.25) is 0 Å². The molecule has 4 atom stereocenters. The predicted octanol–water partition coefficient (Wildman–Crippen LogP) is 11.2. The van der Waals surface area contributed by atoms with Crippen LogP contribution in [-0.2, 0) is 37.4 Å². The number of unbranched alkanes of at least 4 members (excludes halogenated alkanes) is 9. The first-order valence-corrected chi connectivity index (χ1v) is 23.3. The van der Waals surface area contributed by atoms with Gasteiger partial charge in [-0.2, -0.15) is 0 Å². The van der Waals surface area contributed by atoms with E-state index in [9.17, 15) is 19.0 Å². The standard InChI is InChI=1S/C46H78NO9P/c1-6-8-9-10-11-12-13-17-21-24-27-30-33-36-45(48)52-40-42(41-54-57(50,51)53-39-38-47(3,4)5)55-46(49)37-34-31-28-25-22-19-16-14-15-18-20-23-26-29-32-35-44-43(7-2)56-44/h12-15,19-20,22-23,28-29,31-32,42-44H,6-11,16-18,21,24-27,30,33-41H2,1-5H3/p+1/b13-12-,15-14-,22-19-,23-20-,31-28-,32-29-. The molecule has 0 aliphatic carbocycles. The Bertz CT molecular complexity index is 1270. The number of quaternary nitrogens is 1. The highest BCUT2D eigenvalue weighted by molar-refractivity contribution is 7.47. The molecule has 1 aliphatic rings. The molecule has 1 heterocycles. The molecule has 0 radical (unpaired) electrons. The number of phosphoric acid groups is 1. The lowest BCUT2D eigenvalue weighted by Gasteiger charge is -2.24. The van der Waals surface area contributed by atoms with Crippen molar-refractivity contribution in [2.45, 2.75) is 161 Å². The molecule has 10 nitrogen and oxygen atoms in total. The molecule has 0 saturated carbocycles. The van der Waals surface area contributed by atoms with E-state index < -0.39 is 32.5 Å². The molecule has 4 unspecified atom stereocenters. The van der Waals surface area contributed by atoms with Crippen LogP contribution in [0.15, 0.2) is 72.9 Å². The summed E-state index contributed by atoms with van der Waals surface area (Å²) >= 11 is 0. The van der Waals surface area contributed by atoms with Gasteiger partial charge in [0.1, 0.15) is 19.8 Å². The molecule has 0 aromatic heterocycles. The number of esters is 2. The van der Waals surface area contributed by atoms with Crippen LogP contribution in [0.2, 0.25) is 0 Å². The van der Waals surface area contributed by atoms with Crippen molar-refractivity contribution in [3.63, 3.8) is 0 Å². The van der Waals surface area contributed by atoms with Gasteiger partial charge in [-0.25, -0.2) is 4.57 Å². The van der Waals surface area contributed by atoms with Crippen molar-refractivity contribution >= 4 is 19.8 Å². The largest absolute Gasteiger partial charge is 0.472 e. The van der Waals surface area contributed by atoms with Crippen molar-refractivity contribution in [2.75, 3.05) is 47.5 Å². The van der Waals surface area contributed by atoms with Crippen molar-refractivity contribution in [2.24, 2.45) is 0 Å². The second-order valence-electron chi connectivity index (χ2n) is 15.7. The minimum atomic E-state index is -4.40. The van der Waals surface area contributed by atoms with Gasteiger partial charge in [0.25, 0.3) is 0 Å². The fourth-order valence-electron chi connectivity index (χ4n) is 5.63. The number of ether oxygens (including phenoxy) is 3. The van der Waals surface area contributed by atoms with Gasteiger partial charge in [-0.05, 0) is 77.0 Å². The van der Waals surface area contributed by atoms with Gasteiger partial charge in [0, 0.05) is 12.8 Å². The van der Waals surface area contributed by atoms with Crippen LogP contribution in [0, 0.1) is 0 Å². The van der Waals surface area contributed by atoms with Crippen LogP contribution in [0.5, 0.6) is 0 Å². The minimum Gasteiger partial charge on any atom is -0.462 e. The molecule has 1 fully saturated rings. The molecule has 326 valence electrons. The average Bonchev–Trinajstić information content (AvgIpc) is 3.93. The van der Waals surface area contributed by atoms with Crippen LogP contribution in [0.1, 0.15) is 142 Å². The normalized spacial score (nSPS) is 17.9. The highest BCUT2D eigenvalue weighted by Crippen LogP contribution is 2.43. The van der Waals surface area contributed by atoms with Gasteiger partial charge in [-0.3, -0.25) is 18.6 Å². The molecule has 1 saturated heterocycles. The van der Waals surface area contributed by atoms with Crippen molar-refractivity contribution in [1.29, 1.82) is 0 Å². The van der Waals surface area contributed by atoms with Crippen molar-refractivity contribution in [1.82, 2.24) is 0 Å². The molecule has 0 bridgehead atoms. The molecule has 1 N–H and O–H groups in total. The fourth-order valence-corrected chi connectivity index (χ4v) is 6.37. The molecule has 57 heavy (non-hydrogen) atoms. The summed E-state index contributed by atoms with van der Waals surface area (Å²) in [5.74, 6) is -0.918. The Hall–Kier alpha value is -2.59. The molecule has 1 aliphatic heterocycles. The number of hydrogen-bond acceptors (Lipinski definition) is 8. The Morgan fingerprint density at radius 3 is 1.77 bits per heavy atom. The Balaban J connectivity index is 2.34. The van der Waals surface area contributed by atoms with Gasteiger partial charge in [0.15, 0.2) is 6.10 Å². The average molecular weight is 821 g/mol. The van der Waals surface area contributed by atoms with Crippen molar-refractivity contribution in [3.05, 3.63) is 72.9 Å². The summed E-state index contributed by atoms with van der Waals surface area (Å²) in [4.78, 5) is 35.3. The fraction of sp³-hybridized carbons (Fsp3) is 0.696. The first-order valence-electron chi connectivity index (χ1n) is 21.8. The number of nitrogens with zero attached hydrogens (tertiary/aromatic N) is 1. The van der Waals surface area contributed by atoms with E-state index in [1.165, 1.54) is 32.1 Å². The topological polar surface area (TPSA) is 121 Å². The second kappa shape index (κ2) is 34.3. The number of rotatable bonds is 37. The summed E-state index contributed by atoms with van der Waals surface area (Å²) in [6.07, 6.45) is 44.5. The Kier molecular flexibility index (Phi) is 31.5. The molecule has 0 amide bonds. The molecule has 0 spiro atoms. The zero-order valence-electron chi connectivity index (χ0n) is 36.2. The number of carbonyl (C=O) groups is 2. The van der Waals surface area contributed by atoms with E-state index in [1.807, 2.05) is 33.3 Å². The van der Waals surface area contributed by atoms with Crippen LogP contribution < -0.4 is 0 Å². The van der Waals surface area contributed by atoms with E-state index >= 15 is 0 Å². The quantitative estimate of drug-likeness (QED) is 0.0163. The maximum atomic E-state index is 12.7. The number of hydrogen-bond donors (Lipinski definition) is 1. The van der Waals surface area contributed by atoms with E-state index in [4.69, 9.17) is 23.3 Å². The predicted molar refractivity (Wildman–Crippen MR) is 233 cm³/mol. The van der Waals surface area contributed by atoms with E-state index in [-0.39, 0.29) is 26.1 Å². The van der Waals surface area contributed by atoms with Crippen LogP contribution >= 0.6 is 7.82 Å². The number of likely N-dealkylation sites (N-methyl/N-ethyl adjacent to an activating group) is 1. The molecular weight excluding hydrogens is 741 g/mol. The van der Waals surface area contributed by atoms with Crippen LogP contribution in [0.25, 0.3) is 0 Å². The summed E-state index contributed by atoms with van der Waals surface area (Å²) in [6.45, 7) is 4.18. The highest BCUT2D eigenvalue weighted by Gasteiger charge is 2.35. The third kappa shape index (κ3) is 35.1. The SMILES string of the molecule is CCCCCC/C=C\CCCCCCCC(=O)OCC(COP(=O)(O)OCC[N+](C)(C)C)OC(=O)CC/C=C\C/C=C\C/C=C\C/C=C\C/C=C\CC1OC1CC. The summed E-state index contributed by atoms with van der Waals surface area (Å²) < 4.78 is 39.7. The summed E-state index contributed by atoms with van der Waals surface area (Å²) in [6, 6.07) is 0. The maximum absolute atomic E-state index is 12.7. The Morgan fingerprint density at radius 2 is 1.19 bits per heavy atom. The maximum Gasteiger partial charge on any atom is 0.472 e. The monoisotopic (exact) mass is 821 g/mol. The zero-order valence-corrected chi connectivity index (χ0v) is 37.1. The molecular formula is C46H79NO9P+. The molecule has 1 rings (SSSR count). The molecule has 0 aromatic carbocycles. The minimum absolute atomic E-state index is 0.0116. The smallest absolute Gasteiger partial charge is 0.462 e. The summed E-state index contributed by atoms with van der Waals surface area (Å²) in [7, 11) is 1.41. The lowest BCUT2D eigenvalue weighted by atomic mass is 10.1. The number of epoxide rings is 1. The number of allylic oxidation sites excluding steroid dienone is 11. The van der Waals surface area contributed by atoms with Crippen LogP contribution in [0.3, 0.4) is 0 Å². The third-order valence-corrected chi connectivity index (χ3v) is 10.2. The second-order valence-corrected chi connectivity index (χ2v) is 17.2. The van der Waals surface area contributed by atoms with Gasteiger partial charge >= 0.3 is 19.8 Å². The van der Waals surface area contributed by atoms with Crippen LogP contribution in [-0.4, -0.2) is 87.1 Å². The van der Waals surface area contributed by atoms with E-state index in [1.54, 1.807) is 0 Å². The first kappa shape index (κ1) is 52.4. The number of phosphoric ester groups is 1. The van der Waals surface area contributed by atoms with E-state index in [0.717, 1.165) is 70.6 Å². The Labute approximate surface area is 346 Å². The van der Waals surface area contributed by atoms with Gasteiger partial charge in [-0.1, -0.05) is 125 Å². The van der Waals surface area contributed by atoms with E-state index in [2.05, 4.69) is 74.6 Å². The zero-order chi connectivity index (χ0) is 41.9. The van der Waals surface area contributed by atoms with Crippen molar-refractivity contribution in [3.8, 4) is 0 Å². The molecule has 11 heteroatoms. The lowest BCUT2D eigenvalue weighted by molar-refractivity contribution is -0.870. The number of carbonyl (C=O) groups excluding carboxylic acids is 2. The van der Waals surface area contributed by atoms with Crippen LogP contribution in [0.4, 0.5) is 0 Å². The summed E-state index contributed by atoms with van der Waals surface area (Å²) in [5, 5.41) is 0. The Morgan fingerprint density at radius 1 is 0.649 bits per heavy atom. The van der Waals surface area contributed by atoms with Gasteiger partial charge in [-0.15, -0.1) is 0 Å². The van der Waals surface area contributed by atoms with E-state index in [0.29, 0.717) is 36.1 Å².